The third kappa shape index (κ3) is 1.29. The van der Waals surface area contributed by atoms with Crippen LogP contribution in [0.2, 0.25) is 0 Å². The highest BCUT2D eigenvalue weighted by molar-refractivity contribution is 5.70. The van der Waals surface area contributed by atoms with Crippen molar-refractivity contribution in [1.29, 1.82) is 0 Å². The lowest BCUT2D eigenvalue weighted by Crippen LogP contribution is -2.31. The molecule has 0 saturated heterocycles. The van der Waals surface area contributed by atoms with E-state index in [4.69, 9.17) is 4.74 Å². The molecule has 1 N–H and O–H groups in total. The Hall–Kier alpha value is -0.990. The summed E-state index contributed by atoms with van der Waals surface area (Å²) < 4.78 is 4.82. The van der Waals surface area contributed by atoms with Crippen molar-refractivity contribution in [3.05, 3.63) is 11.3 Å². The lowest BCUT2D eigenvalue weighted by Gasteiger charge is -2.16. The molecule has 0 aromatic rings. The fourth-order valence-electron chi connectivity index (χ4n) is 0.925. The highest BCUT2D eigenvalue weighted by Crippen LogP contribution is 2.12. The summed E-state index contributed by atoms with van der Waals surface area (Å²) in [4.78, 5) is 10.6. The van der Waals surface area contributed by atoms with E-state index in [1.165, 1.54) is 5.57 Å². The van der Waals surface area contributed by atoms with Crippen LogP contribution >= 0.6 is 0 Å². The van der Waals surface area contributed by atoms with Gasteiger partial charge in [0.15, 0.2) is 0 Å². The van der Waals surface area contributed by atoms with Gasteiger partial charge >= 0.3 is 6.09 Å². The monoisotopic (exact) mass is 141 g/mol. The minimum atomic E-state index is -0.338. The van der Waals surface area contributed by atoms with Gasteiger partial charge in [-0.05, 0) is 18.9 Å². The summed E-state index contributed by atoms with van der Waals surface area (Å²) in [6.07, 6.45) is 0.598. The van der Waals surface area contributed by atoms with E-state index in [0.717, 1.165) is 12.2 Å². The predicted octanol–water partition coefficient (Wildman–Crippen LogP) is 1.41. The standard InChI is InChI=1S/C7H11NO2/c1-3-6-4-8-7(9)10-5(6)2/h3-4H2,1-2H3,(H,8,9). The van der Waals surface area contributed by atoms with Crippen LogP contribution in [0.5, 0.6) is 0 Å². The van der Waals surface area contributed by atoms with E-state index in [1.54, 1.807) is 0 Å². The maximum Gasteiger partial charge on any atom is 0.412 e. The smallest absolute Gasteiger partial charge is 0.412 e. The van der Waals surface area contributed by atoms with Gasteiger partial charge in [0.1, 0.15) is 5.76 Å². The summed E-state index contributed by atoms with van der Waals surface area (Å²) >= 11 is 0. The second-order valence-corrected chi connectivity index (χ2v) is 2.26. The lowest BCUT2D eigenvalue weighted by molar-refractivity contribution is 0.169. The molecule has 0 bridgehead atoms. The molecule has 0 aromatic carbocycles. The Morgan fingerprint density at radius 1 is 1.70 bits per heavy atom. The van der Waals surface area contributed by atoms with Crippen molar-refractivity contribution >= 4 is 6.09 Å². The van der Waals surface area contributed by atoms with Crippen molar-refractivity contribution in [2.75, 3.05) is 6.54 Å². The number of carbonyl (C=O) groups is 1. The molecule has 1 amide bonds. The minimum absolute atomic E-state index is 0.338. The molecule has 1 rings (SSSR count). The number of rotatable bonds is 1. The first-order valence-corrected chi connectivity index (χ1v) is 3.38. The van der Waals surface area contributed by atoms with Crippen LogP contribution in [0.1, 0.15) is 20.3 Å². The average Bonchev–Trinajstić information content (AvgIpc) is 1.88. The van der Waals surface area contributed by atoms with Gasteiger partial charge in [-0.1, -0.05) is 6.92 Å². The highest BCUT2D eigenvalue weighted by Gasteiger charge is 2.13. The lowest BCUT2D eigenvalue weighted by atomic mass is 10.1. The number of nitrogens with one attached hydrogen (secondary N) is 1. The molecule has 0 aliphatic carbocycles. The van der Waals surface area contributed by atoms with E-state index in [0.29, 0.717) is 6.54 Å². The van der Waals surface area contributed by atoms with Crippen molar-refractivity contribution in [3.8, 4) is 0 Å². The number of hydrogen-bond acceptors (Lipinski definition) is 2. The summed E-state index contributed by atoms with van der Waals surface area (Å²) in [7, 11) is 0. The second kappa shape index (κ2) is 2.73. The maximum atomic E-state index is 10.6. The molecule has 0 saturated carbocycles. The number of allylic oxidation sites excluding steroid dienone is 1. The predicted molar refractivity (Wildman–Crippen MR) is 37.5 cm³/mol. The third-order valence-electron chi connectivity index (χ3n) is 1.62. The number of hydrogen-bond donors (Lipinski definition) is 1. The van der Waals surface area contributed by atoms with E-state index in [-0.39, 0.29) is 6.09 Å². The molecule has 0 fully saturated rings. The third-order valence-corrected chi connectivity index (χ3v) is 1.62. The Balaban J connectivity index is 2.70. The zero-order valence-electron chi connectivity index (χ0n) is 6.23. The highest BCUT2D eigenvalue weighted by atomic mass is 16.6. The molecule has 0 aromatic heterocycles. The topological polar surface area (TPSA) is 38.3 Å². The number of alkyl carbamates (subject to hydrolysis) is 1. The minimum Gasteiger partial charge on any atom is -0.415 e. The first-order valence-electron chi connectivity index (χ1n) is 3.38. The van der Waals surface area contributed by atoms with Crippen LogP contribution in [0.25, 0.3) is 0 Å². The van der Waals surface area contributed by atoms with Crippen LogP contribution < -0.4 is 5.32 Å². The molecule has 3 heteroatoms. The zero-order chi connectivity index (χ0) is 7.56. The second-order valence-electron chi connectivity index (χ2n) is 2.26. The van der Waals surface area contributed by atoms with Crippen molar-refractivity contribution in [3.63, 3.8) is 0 Å². The quantitative estimate of drug-likeness (QED) is 0.599. The van der Waals surface area contributed by atoms with Gasteiger partial charge in [0.05, 0.1) is 0 Å². The molecular weight excluding hydrogens is 130 g/mol. The molecule has 0 unspecified atom stereocenters. The first-order chi connectivity index (χ1) is 4.74. The van der Waals surface area contributed by atoms with Crippen LogP contribution in [-0.4, -0.2) is 12.6 Å². The van der Waals surface area contributed by atoms with E-state index in [9.17, 15) is 4.79 Å². The van der Waals surface area contributed by atoms with E-state index in [1.807, 2.05) is 13.8 Å². The largest absolute Gasteiger partial charge is 0.415 e. The Morgan fingerprint density at radius 2 is 2.40 bits per heavy atom. The van der Waals surface area contributed by atoms with Crippen molar-refractivity contribution in [1.82, 2.24) is 5.32 Å². The fourth-order valence-corrected chi connectivity index (χ4v) is 0.925. The summed E-state index contributed by atoms with van der Waals surface area (Å²) in [5, 5.41) is 2.59. The van der Waals surface area contributed by atoms with Gasteiger partial charge in [-0.3, -0.25) is 0 Å². The number of carbonyl (C=O) groups excluding carboxylic acids is 1. The van der Waals surface area contributed by atoms with Gasteiger partial charge in [0.25, 0.3) is 0 Å². The average molecular weight is 141 g/mol. The van der Waals surface area contributed by atoms with E-state index >= 15 is 0 Å². The Labute approximate surface area is 60.1 Å². The molecule has 3 nitrogen and oxygen atoms in total. The maximum absolute atomic E-state index is 10.6. The Morgan fingerprint density at radius 3 is 2.90 bits per heavy atom. The van der Waals surface area contributed by atoms with Crippen molar-refractivity contribution in [2.24, 2.45) is 0 Å². The summed E-state index contributed by atoms with van der Waals surface area (Å²) in [6, 6.07) is 0. The Kier molecular flexibility index (Phi) is 1.94. The van der Waals surface area contributed by atoms with Gasteiger partial charge in [-0.25, -0.2) is 4.79 Å². The van der Waals surface area contributed by atoms with Crippen LogP contribution in [0.4, 0.5) is 4.79 Å². The molecular formula is C7H11NO2. The molecule has 0 atom stereocenters. The Bertz CT molecular complexity index is 184. The van der Waals surface area contributed by atoms with Crippen LogP contribution in [-0.2, 0) is 4.74 Å². The van der Waals surface area contributed by atoms with Crippen molar-refractivity contribution < 1.29 is 9.53 Å². The normalized spacial score (nSPS) is 18.4. The van der Waals surface area contributed by atoms with Gasteiger partial charge in [0.2, 0.25) is 0 Å². The van der Waals surface area contributed by atoms with Crippen LogP contribution in [0, 0.1) is 0 Å². The zero-order valence-corrected chi connectivity index (χ0v) is 6.23. The summed E-state index contributed by atoms with van der Waals surface area (Å²) in [5.74, 6) is 0.756. The van der Waals surface area contributed by atoms with Crippen molar-refractivity contribution in [2.45, 2.75) is 20.3 Å². The molecule has 1 aliphatic rings. The van der Waals surface area contributed by atoms with Gasteiger partial charge < -0.3 is 10.1 Å². The molecule has 0 spiro atoms. The van der Waals surface area contributed by atoms with Crippen LogP contribution in [0.3, 0.4) is 0 Å². The number of amides is 1. The SMILES string of the molecule is CCC1=C(C)OC(=O)NC1. The van der Waals surface area contributed by atoms with Gasteiger partial charge in [-0.2, -0.15) is 0 Å². The summed E-state index contributed by atoms with van der Waals surface area (Å²) in [5.41, 5.74) is 1.17. The van der Waals surface area contributed by atoms with Crippen LogP contribution in [0.15, 0.2) is 11.3 Å². The molecule has 56 valence electrons. The molecule has 1 heterocycles. The first kappa shape index (κ1) is 7.12. The number of cyclic esters (lactones) is 1. The van der Waals surface area contributed by atoms with Gasteiger partial charge in [-0.15, -0.1) is 0 Å². The number of ether oxygens (including phenoxy) is 1. The van der Waals surface area contributed by atoms with E-state index < -0.39 is 0 Å². The molecule has 1 aliphatic heterocycles. The van der Waals surface area contributed by atoms with E-state index in [2.05, 4.69) is 5.32 Å². The molecule has 0 radical (unpaired) electrons. The van der Waals surface area contributed by atoms with Gasteiger partial charge in [0, 0.05) is 6.54 Å². The summed E-state index contributed by atoms with van der Waals surface area (Å²) in [6.45, 7) is 4.50. The molecule has 10 heavy (non-hydrogen) atoms. The fraction of sp³-hybridized carbons (Fsp3) is 0.571.